The quantitative estimate of drug-likeness (QED) is 0.478. The Morgan fingerprint density at radius 3 is 2.79 bits per heavy atom. The van der Waals surface area contributed by atoms with E-state index in [1.54, 1.807) is 11.6 Å². The Labute approximate surface area is 140 Å². The number of benzene rings is 1. The number of carbonyl (C=O) groups is 1. The van der Waals surface area contributed by atoms with Crippen molar-refractivity contribution < 1.29 is 19.6 Å². The van der Waals surface area contributed by atoms with Crippen LogP contribution in [0.5, 0.6) is 0 Å². The van der Waals surface area contributed by atoms with Crippen LogP contribution in [0, 0.1) is 0 Å². The van der Waals surface area contributed by atoms with Crippen LogP contribution in [-0.2, 0) is 14.4 Å². The van der Waals surface area contributed by atoms with Crippen LogP contribution in [0.2, 0.25) is 0 Å². The van der Waals surface area contributed by atoms with Gasteiger partial charge in [-0.15, -0.1) is 0 Å². The first-order chi connectivity index (χ1) is 11.7. The van der Waals surface area contributed by atoms with E-state index in [0.717, 1.165) is 56.1 Å². The molecule has 128 valence electrons. The van der Waals surface area contributed by atoms with Crippen molar-refractivity contribution in [1.82, 2.24) is 10.4 Å². The molecule has 1 unspecified atom stereocenters. The van der Waals surface area contributed by atoms with Gasteiger partial charge in [-0.3, -0.25) is 14.9 Å². The Hall–Kier alpha value is -2.22. The summed E-state index contributed by atoms with van der Waals surface area (Å²) in [7, 11) is 0. The van der Waals surface area contributed by atoms with E-state index in [-0.39, 0.29) is 6.10 Å². The number of hydrogen-bond donors (Lipinski definition) is 2. The maximum absolute atomic E-state index is 11.0. The number of hydrogen-bond acceptors (Lipinski definition) is 6. The van der Waals surface area contributed by atoms with Gasteiger partial charge in [0, 0.05) is 32.1 Å². The van der Waals surface area contributed by atoms with Gasteiger partial charge in [-0.2, -0.15) is 0 Å². The normalized spacial score (nSPS) is 21.5. The molecule has 1 aromatic carbocycles. The molecule has 1 aromatic rings. The number of nitrogens with zero attached hydrogens (tertiary/aromatic N) is 2. The monoisotopic (exact) mass is 331 g/mol. The molecule has 0 aromatic heterocycles. The molecule has 2 aliphatic heterocycles. The smallest absolute Gasteiger partial charge is 0.267 e. The van der Waals surface area contributed by atoms with E-state index in [1.165, 1.54) is 6.08 Å². The molecule has 0 radical (unpaired) electrons. The second kappa shape index (κ2) is 8.05. The van der Waals surface area contributed by atoms with Gasteiger partial charge in [-0.25, -0.2) is 5.48 Å². The lowest BCUT2D eigenvalue weighted by Crippen LogP contribution is -2.41. The molecule has 7 heteroatoms. The maximum atomic E-state index is 11.0. The van der Waals surface area contributed by atoms with Crippen LogP contribution in [0.3, 0.4) is 0 Å². The van der Waals surface area contributed by atoms with Crippen molar-refractivity contribution in [3.8, 4) is 0 Å². The summed E-state index contributed by atoms with van der Waals surface area (Å²) in [6, 6.07) is 7.70. The molecule has 7 nitrogen and oxygen atoms in total. The SMILES string of the molecule is O=C(/C=C/c1ccc(C2=NOC(CN3CCOCC3)C2)cc1)NO. The standard InChI is InChI=1S/C17H21N3O4/c21-17(18-22)6-3-13-1-4-14(5-2-13)16-11-15(24-19-16)12-20-7-9-23-10-8-20/h1-6,15,22H,7-12H2,(H,18,21)/b6-3+. The first-order valence-corrected chi connectivity index (χ1v) is 8.00. The lowest BCUT2D eigenvalue weighted by molar-refractivity contribution is -0.124. The van der Waals surface area contributed by atoms with Crippen LogP contribution >= 0.6 is 0 Å². The Balaban J connectivity index is 1.53. The first-order valence-electron chi connectivity index (χ1n) is 8.00. The summed E-state index contributed by atoms with van der Waals surface area (Å²) in [6.07, 6.45) is 3.78. The molecule has 1 saturated heterocycles. The van der Waals surface area contributed by atoms with E-state index >= 15 is 0 Å². The fourth-order valence-electron chi connectivity index (χ4n) is 2.76. The molecule has 0 saturated carbocycles. The van der Waals surface area contributed by atoms with E-state index in [1.807, 2.05) is 24.3 Å². The summed E-state index contributed by atoms with van der Waals surface area (Å²) in [5, 5.41) is 12.7. The van der Waals surface area contributed by atoms with E-state index in [4.69, 9.17) is 14.8 Å². The minimum absolute atomic E-state index is 0.0888. The second-order valence-corrected chi connectivity index (χ2v) is 5.81. The van der Waals surface area contributed by atoms with Crippen molar-refractivity contribution in [1.29, 1.82) is 0 Å². The lowest BCUT2D eigenvalue weighted by Gasteiger charge is -2.27. The molecule has 0 bridgehead atoms. The maximum Gasteiger partial charge on any atom is 0.267 e. The molecule has 24 heavy (non-hydrogen) atoms. The van der Waals surface area contributed by atoms with Gasteiger partial charge < -0.3 is 9.57 Å². The van der Waals surface area contributed by atoms with Crippen molar-refractivity contribution >= 4 is 17.7 Å². The third-order valence-corrected chi connectivity index (χ3v) is 4.08. The Morgan fingerprint density at radius 1 is 1.33 bits per heavy atom. The Morgan fingerprint density at radius 2 is 2.08 bits per heavy atom. The summed E-state index contributed by atoms with van der Waals surface area (Å²) in [5.41, 5.74) is 4.38. The van der Waals surface area contributed by atoms with Crippen LogP contribution in [0.15, 0.2) is 35.5 Å². The predicted octanol–water partition coefficient (Wildman–Crippen LogP) is 1.03. The van der Waals surface area contributed by atoms with Crippen molar-refractivity contribution in [3.05, 3.63) is 41.5 Å². The number of rotatable bonds is 5. The number of amides is 1. The fourth-order valence-corrected chi connectivity index (χ4v) is 2.76. The van der Waals surface area contributed by atoms with Gasteiger partial charge in [0.2, 0.25) is 0 Å². The predicted molar refractivity (Wildman–Crippen MR) is 88.7 cm³/mol. The topological polar surface area (TPSA) is 83.4 Å². The molecule has 2 aliphatic rings. The summed E-state index contributed by atoms with van der Waals surface area (Å²) in [5.74, 6) is -0.557. The molecule has 2 N–H and O–H groups in total. The van der Waals surface area contributed by atoms with Gasteiger partial charge in [0.1, 0.15) is 6.10 Å². The van der Waals surface area contributed by atoms with E-state index < -0.39 is 5.91 Å². The zero-order valence-corrected chi connectivity index (χ0v) is 13.4. The molecule has 0 aliphatic carbocycles. The summed E-state index contributed by atoms with van der Waals surface area (Å²) in [4.78, 5) is 18.9. The van der Waals surface area contributed by atoms with Crippen LogP contribution < -0.4 is 5.48 Å². The largest absolute Gasteiger partial charge is 0.390 e. The zero-order valence-electron chi connectivity index (χ0n) is 13.4. The van der Waals surface area contributed by atoms with Gasteiger partial charge >= 0.3 is 0 Å². The number of hydroxylamine groups is 1. The number of oxime groups is 1. The Bertz CT molecular complexity index is 621. The van der Waals surface area contributed by atoms with Gasteiger partial charge in [-0.05, 0) is 17.2 Å². The summed E-state index contributed by atoms with van der Waals surface area (Å²) < 4.78 is 5.35. The van der Waals surface area contributed by atoms with Crippen LogP contribution in [-0.4, -0.2) is 60.7 Å². The third-order valence-electron chi connectivity index (χ3n) is 4.08. The zero-order chi connectivity index (χ0) is 16.8. The number of ether oxygens (including phenoxy) is 1. The van der Waals surface area contributed by atoms with Gasteiger partial charge in [-0.1, -0.05) is 29.4 Å². The molecule has 0 spiro atoms. The highest BCUT2D eigenvalue weighted by Gasteiger charge is 2.25. The average molecular weight is 331 g/mol. The molecular weight excluding hydrogens is 310 g/mol. The Kier molecular flexibility index (Phi) is 5.58. The number of morpholine rings is 1. The molecule has 1 fully saturated rings. The highest BCUT2D eigenvalue weighted by Crippen LogP contribution is 2.19. The van der Waals surface area contributed by atoms with Gasteiger partial charge in [0.05, 0.1) is 18.9 Å². The van der Waals surface area contributed by atoms with Crippen molar-refractivity contribution in [2.24, 2.45) is 5.16 Å². The van der Waals surface area contributed by atoms with Crippen LogP contribution in [0.25, 0.3) is 6.08 Å². The minimum atomic E-state index is -0.557. The first kappa shape index (κ1) is 16.6. The van der Waals surface area contributed by atoms with Crippen molar-refractivity contribution in [2.75, 3.05) is 32.8 Å². The van der Waals surface area contributed by atoms with Crippen molar-refractivity contribution in [3.63, 3.8) is 0 Å². The summed E-state index contributed by atoms with van der Waals surface area (Å²) >= 11 is 0. The number of nitrogens with one attached hydrogen (secondary N) is 1. The molecular formula is C17H21N3O4. The number of carbonyl (C=O) groups excluding carboxylic acids is 1. The fraction of sp³-hybridized carbons (Fsp3) is 0.412. The highest BCUT2D eigenvalue weighted by atomic mass is 16.6. The highest BCUT2D eigenvalue weighted by molar-refractivity contribution is 6.01. The lowest BCUT2D eigenvalue weighted by atomic mass is 10.0. The van der Waals surface area contributed by atoms with Gasteiger partial charge in [0.25, 0.3) is 5.91 Å². The third kappa shape index (κ3) is 4.41. The van der Waals surface area contributed by atoms with Crippen molar-refractivity contribution in [2.45, 2.75) is 12.5 Å². The molecule has 1 atom stereocenters. The minimum Gasteiger partial charge on any atom is -0.390 e. The summed E-state index contributed by atoms with van der Waals surface area (Å²) in [6.45, 7) is 4.32. The molecule has 2 heterocycles. The van der Waals surface area contributed by atoms with E-state index in [0.29, 0.717) is 0 Å². The molecule has 3 rings (SSSR count). The second-order valence-electron chi connectivity index (χ2n) is 5.81. The van der Waals surface area contributed by atoms with Crippen LogP contribution in [0.1, 0.15) is 17.5 Å². The van der Waals surface area contributed by atoms with Crippen LogP contribution in [0.4, 0.5) is 0 Å². The van der Waals surface area contributed by atoms with E-state index in [2.05, 4.69) is 10.1 Å². The van der Waals surface area contributed by atoms with E-state index in [9.17, 15) is 4.79 Å². The van der Waals surface area contributed by atoms with Gasteiger partial charge in [0.15, 0.2) is 0 Å². The molecule has 1 amide bonds. The average Bonchev–Trinajstić information content (AvgIpc) is 3.09.